The molecule has 2 aliphatic heterocycles. The minimum Gasteiger partial charge on any atom is -0.496 e. The molecule has 0 unspecified atom stereocenters. The van der Waals surface area contributed by atoms with Gasteiger partial charge in [0.05, 0.1) is 51.4 Å². The number of hydrogen-bond acceptors (Lipinski definition) is 8. The summed E-state index contributed by atoms with van der Waals surface area (Å²) in [5.74, 6) is 3.01. The minimum absolute atomic E-state index is 0.0387. The Bertz CT molecular complexity index is 1290. The molecule has 8 nitrogen and oxygen atoms in total. The molecule has 0 aromatic heterocycles. The highest BCUT2D eigenvalue weighted by Gasteiger charge is 2.29. The number of ether oxygens (including phenoxy) is 6. The fourth-order valence-electron chi connectivity index (χ4n) is 6.04. The Morgan fingerprint density at radius 3 is 2.68 bits per heavy atom. The molecule has 3 aromatic rings. The van der Waals surface area contributed by atoms with Crippen LogP contribution in [0.4, 0.5) is 5.69 Å². The SMILES string of the molecule is COCCCN1CCOc2ccc([C@@H](C)O[C@H]3CNCC[C@@H]3c3ccc(OCCCOCc4ccccc4OC)cc3)cc21. The van der Waals surface area contributed by atoms with E-state index in [4.69, 9.17) is 28.4 Å². The number of hydrogen-bond donors (Lipinski definition) is 1. The van der Waals surface area contributed by atoms with Gasteiger partial charge in [-0.1, -0.05) is 36.4 Å². The summed E-state index contributed by atoms with van der Waals surface area (Å²) in [6.45, 7) is 9.06. The van der Waals surface area contributed by atoms with Crippen molar-refractivity contribution in [1.29, 1.82) is 0 Å². The average Bonchev–Trinajstić information content (AvgIpc) is 3.07. The van der Waals surface area contributed by atoms with Gasteiger partial charge in [0.15, 0.2) is 0 Å². The minimum atomic E-state index is -0.0387. The van der Waals surface area contributed by atoms with E-state index in [-0.39, 0.29) is 12.2 Å². The molecule has 0 radical (unpaired) electrons. The van der Waals surface area contributed by atoms with Crippen LogP contribution in [0.25, 0.3) is 0 Å². The summed E-state index contributed by atoms with van der Waals surface area (Å²) in [6, 6.07) is 23.0. The molecule has 1 fully saturated rings. The predicted molar refractivity (Wildman–Crippen MR) is 173 cm³/mol. The van der Waals surface area contributed by atoms with Gasteiger partial charge < -0.3 is 38.6 Å². The molecular weight excluding hydrogens is 556 g/mol. The number of nitrogens with zero attached hydrogens (tertiary/aromatic N) is 1. The second kappa shape index (κ2) is 16.7. The maximum atomic E-state index is 6.75. The first kappa shape index (κ1) is 32.1. The molecule has 0 amide bonds. The molecule has 3 atom stereocenters. The van der Waals surface area contributed by atoms with Crippen LogP contribution in [0.1, 0.15) is 54.9 Å². The van der Waals surface area contributed by atoms with Crippen LogP contribution in [0.2, 0.25) is 0 Å². The third-order valence-electron chi connectivity index (χ3n) is 8.45. The van der Waals surface area contributed by atoms with Gasteiger partial charge in [-0.05, 0) is 67.8 Å². The fourth-order valence-corrected chi connectivity index (χ4v) is 6.04. The summed E-state index contributed by atoms with van der Waals surface area (Å²) >= 11 is 0. The van der Waals surface area contributed by atoms with E-state index < -0.39 is 0 Å². The van der Waals surface area contributed by atoms with E-state index in [0.717, 1.165) is 80.5 Å². The van der Waals surface area contributed by atoms with Gasteiger partial charge in [0, 0.05) is 44.7 Å². The van der Waals surface area contributed by atoms with E-state index in [0.29, 0.717) is 32.3 Å². The molecule has 0 bridgehead atoms. The number of benzene rings is 3. The smallest absolute Gasteiger partial charge is 0.142 e. The Hall–Kier alpha value is -3.30. The van der Waals surface area contributed by atoms with E-state index in [2.05, 4.69) is 59.6 Å². The molecule has 8 heteroatoms. The van der Waals surface area contributed by atoms with Crippen LogP contribution >= 0.6 is 0 Å². The van der Waals surface area contributed by atoms with Crippen LogP contribution in [0.5, 0.6) is 17.2 Å². The summed E-state index contributed by atoms with van der Waals surface area (Å²) in [5, 5.41) is 3.54. The molecule has 2 heterocycles. The number of fused-ring (bicyclic) bond motifs is 1. The Kier molecular flexibility index (Phi) is 12.2. The maximum Gasteiger partial charge on any atom is 0.142 e. The highest BCUT2D eigenvalue weighted by molar-refractivity contribution is 5.61. The van der Waals surface area contributed by atoms with Crippen molar-refractivity contribution in [2.75, 3.05) is 71.7 Å². The van der Waals surface area contributed by atoms with Gasteiger partial charge in [-0.3, -0.25) is 0 Å². The largest absolute Gasteiger partial charge is 0.496 e. The molecule has 238 valence electrons. The van der Waals surface area contributed by atoms with E-state index in [1.807, 2.05) is 24.3 Å². The lowest BCUT2D eigenvalue weighted by molar-refractivity contribution is -0.0272. The van der Waals surface area contributed by atoms with Crippen LogP contribution in [0.15, 0.2) is 66.7 Å². The zero-order chi connectivity index (χ0) is 30.6. The molecular formula is C36H48N2O6. The van der Waals surface area contributed by atoms with Crippen molar-refractivity contribution in [2.24, 2.45) is 0 Å². The first-order valence-corrected chi connectivity index (χ1v) is 16.0. The van der Waals surface area contributed by atoms with Crippen LogP contribution in [0.3, 0.4) is 0 Å². The normalized spacial score (nSPS) is 18.8. The van der Waals surface area contributed by atoms with Gasteiger partial charge >= 0.3 is 0 Å². The molecule has 0 saturated carbocycles. The molecule has 0 aliphatic carbocycles. The third kappa shape index (κ3) is 8.66. The predicted octanol–water partition coefficient (Wildman–Crippen LogP) is 6.14. The molecule has 2 aliphatic rings. The summed E-state index contributed by atoms with van der Waals surface area (Å²) in [7, 11) is 3.44. The Labute approximate surface area is 262 Å². The Balaban J connectivity index is 1.11. The zero-order valence-electron chi connectivity index (χ0n) is 26.5. The van der Waals surface area contributed by atoms with Crippen LogP contribution in [-0.4, -0.2) is 72.9 Å². The van der Waals surface area contributed by atoms with Crippen molar-refractivity contribution in [1.82, 2.24) is 5.32 Å². The second-order valence-electron chi connectivity index (χ2n) is 11.5. The number of methoxy groups -OCH3 is 2. The van der Waals surface area contributed by atoms with Crippen molar-refractivity contribution in [3.05, 3.63) is 83.4 Å². The lowest BCUT2D eigenvalue weighted by Gasteiger charge is -2.35. The summed E-state index contributed by atoms with van der Waals surface area (Å²) in [4.78, 5) is 2.40. The maximum absolute atomic E-state index is 6.75. The van der Waals surface area contributed by atoms with Gasteiger partial charge in [0.25, 0.3) is 0 Å². The summed E-state index contributed by atoms with van der Waals surface area (Å²) in [5.41, 5.74) is 4.67. The molecule has 44 heavy (non-hydrogen) atoms. The van der Waals surface area contributed by atoms with Crippen LogP contribution < -0.4 is 24.4 Å². The van der Waals surface area contributed by atoms with Crippen molar-refractivity contribution >= 4 is 5.69 Å². The lowest BCUT2D eigenvalue weighted by Crippen LogP contribution is -2.41. The molecule has 3 aromatic carbocycles. The van der Waals surface area contributed by atoms with E-state index in [1.54, 1.807) is 14.2 Å². The molecule has 5 rings (SSSR count). The number of anilines is 1. The van der Waals surface area contributed by atoms with E-state index in [9.17, 15) is 0 Å². The summed E-state index contributed by atoms with van der Waals surface area (Å²) in [6.07, 6.45) is 2.88. The number of piperidine rings is 1. The fraction of sp³-hybridized carbons (Fsp3) is 0.500. The lowest BCUT2D eigenvalue weighted by atomic mass is 9.87. The number of para-hydroxylation sites is 1. The molecule has 1 saturated heterocycles. The van der Waals surface area contributed by atoms with Gasteiger partial charge in [-0.2, -0.15) is 0 Å². The van der Waals surface area contributed by atoms with Crippen molar-refractivity contribution in [2.45, 2.75) is 50.9 Å². The highest BCUT2D eigenvalue weighted by atomic mass is 16.5. The number of nitrogens with one attached hydrogen (secondary N) is 1. The first-order chi connectivity index (χ1) is 21.7. The van der Waals surface area contributed by atoms with E-state index >= 15 is 0 Å². The molecule has 0 spiro atoms. The Morgan fingerprint density at radius 2 is 1.84 bits per heavy atom. The third-order valence-corrected chi connectivity index (χ3v) is 8.45. The van der Waals surface area contributed by atoms with Gasteiger partial charge in [-0.25, -0.2) is 0 Å². The van der Waals surface area contributed by atoms with Crippen molar-refractivity contribution < 1.29 is 28.4 Å². The standard InChI is InChI=1S/C36H48N2O6/c1-27(29-12-15-35-33(24-29)38(19-23-43-35)18-6-20-39-2)44-36-25-37-17-16-32(36)28-10-13-31(14-11-28)42-22-7-21-41-26-30-8-4-5-9-34(30)40-3/h4-5,8-15,24,27,32,36-37H,6-7,16-23,25-26H2,1-3H3/t27-,32-,36+/m1/s1. The quantitative estimate of drug-likeness (QED) is 0.196. The van der Waals surface area contributed by atoms with Gasteiger partial charge in [0.2, 0.25) is 0 Å². The first-order valence-electron chi connectivity index (χ1n) is 16.0. The topological polar surface area (TPSA) is 70.7 Å². The van der Waals surface area contributed by atoms with Crippen LogP contribution in [0, 0.1) is 0 Å². The average molecular weight is 605 g/mol. The highest BCUT2D eigenvalue weighted by Crippen LogP contribution is 2.37. The van der Waals surface area contributed by atoms with E-state index in [1.165, 1.54) is 11.1 Å². The number of rotatable bonds is 16. The summed E-state index contributed by atoms with van der Waals surface area (Å²) < 4.78 is 35.2. The zero-order valence-corrected chi connectivity index (χ0v) is 26.5. The van der Waals surface area contributed by atoms with Crippen molar-refractivity contribution in [3.63, 3.8) is 0 Å². The van der Waals surface area contributed by atoms with Crippen molar-refractivity contribution in [3.8, 4) is 17.2 Å². The van der Waals surface area contributed by atoms with Gasteiger partial charge in [0.1, 0.15) is 23.9 Å². The molecule has 1 N–H and O–H groups in total. The monoisotopic (exact) mass is 604 g/mol. The second-order valence-corrected chi connectivity index (χ2v) is 11.5. The Morgan fingerprint density at radius 1 is 0.977 bits per heavy atom. The van der Waals surface area contributed by atoms with Gasteiger partial charge in [-0.15, -0.1) is 0 Å². The van der Waals surface area contributed by atoms with Crippen LogP contribution in [-0.2, 0) is 20.8 Å².